The Hall–Kier alpha value is -0.650. The molecule has 0 aromatic rings. The number of hydrogen-bond acceptors (Lipinski definition) is 4. The van der Waals surface area contributed by atoms with E-state index in [0.29, 0.717) is 12.1 Å². The highest BCUT2D eigenvalue weighted by molar-refractivity contribution is 5.84. The number of rotatable bonds is 7. The highest BCUT2D eigenvalue weighted by Crippen LogP contribution is 2.20. The molecule has 0 aliphatic carbocycles. The van der Waals surface area contributed by atoms with Crippen molar-refractivity contribution in [2.24, 2.45) is 5.73 Å². The second-order valence-corrected chi connectivity index (χ2v) is 5.84. The third-order valence-corrected chi connectivity index (χ3v) is 4.00. The fourth-order valence-corrected chi connectivity index (χ4v) is 2.76. The summed E-state index contributed by atoms with van der Waals surface area (Å²) in [5.74, 6) is -0.270. The van der Waals surface area contributed by atoms with Crippen LogP contribution in [0.1, 0.15) is 40.5 Å². The molecule has 1 saturated heterocycles. The molecule has 3 N–H and O–H groups in total. The summed E-state index contributed by atoms with van der Waals surface area (Å²) in [6.07, 6.45) is 1.72. The van der Waals surface area contributed by atoms with Gasteiger partial charge in [-0.3, -0.25) is 9.69 Å². The number of primary amides is 1. The number of carbonyl (C=O) groups is 1. The van der Waals surface area contributed by atoms with Crippen LogP contribution in [-0.2, 0) is 9.53 Å². The molecule has 0 radical (unpaired) electrons. The van der Waals surface area contributed by atoms with Crippen molar-refractivity contribution in [3.8, 4) is 0 Å². The first-order valence-electron chi connectivity index (χ1n) is 7.29. The molecular weight excluding hydrogens is 242 g/mol. The van der Waals surface area contributed by atoms with Gasteiger partial charge in [-0.15, -0.1) is 0 Å². The number of hydrogen-bond donors (Lipinski definition) is 2. The Kier molecular flexibility index (Phi) is 6.23. The summed E-state index contributed by atoms with van der Waals surface area (Å²) in [5, 5.41) is 3.30. The van der Waals surface area contributed by atoms with Crippen molar-refractivity contribution in [2.75, 3.05) is 26.3 Å². The Morgan fingerprint density at radius 1 is 1.63 bits per heavy atom. The molecule has 1 heterocycles. The molecule has 0 bridgehead atoms. The summed E-state index contributed by atoms with van der Waals surface area (Å²) in [5.41, 5.74) is 4.95. The Labute approximate surface area is 116 Å². The number of nitrogens with zero attached hydrogens (tertiary/aromatic N) is 1. The van der Waals surface area contributed by atoms with Crippen molar-refractivity contribution in [1.29, 1.82) is 0 Å². The van der Waals surface area contributed by atoms with E-state index in [1.807, 2.05) is 6.92 Å². The average molecular weight is 271 g/mol. The van der Waals surface area contributed by atoms with Crippen LogP contribution in [-0.4, -0.2) is 54.7 Å². The molecule has 1 aliphatic rings. The summed E-state index contributed by atoms with van der Waals surface area (Å²) in [7, 11) is 0. The first-order chi connectivity index (χ1) is 8.90. The number of morpholine rings is 1. The fourth-order valence-electron chi connectivity index (χ4n) is 2.76. The lowest BCUT2D eigenvalue weighted by Crippen LogP contribution is -2.58. The lowest BCUT2D eigenvalue weighted by Gasteiger charge is -2.41. The van der Waals surface area contributed by atoms with Crippen LogP contribution < -0.4 is 11.1 Å². The summed E-state index contributed by atoms with van der Waals surface area (Å²) < 4.78 is 5.46. The second kappa shape index (κ2) is 7.22. The summed E-state index contributed by atoms with van der Waals surface area (Å²) in [4.78, 5) is 14.1. The van der Waals surface area contributed by atoms with E-state index in [0.717, 1.165) is 39.1 Å². The van der Waals surface area contributed by atoms with E-state index in [1.54, 1.807) is 0 Å². The number of ether oxygens (including phenoxy) is 1. The van der Waals surface area contributed by atoms with Crippen LogP contribution in [0, 0.1) is 0 Å². The monoisotopic (exact) mass is 271 g/mol. The zero-order valence-electron chi connectivity index (χ0n) is 12.7. The Bertz CT molecular complexity index is 298. The van der Waals surface area contributed by atoms with E-state index in [1.165, 1.54) is 0 Å². The summed E-state index contributed by atoms with van der Waals surface area (Å²) in [6.45, 7) is 11.6. The first-order valence-corrected chi connectivity index (χ1v) is 7.29. The third-order valence-electron chi connectivity index (χ3n) is 4.00. The van der Waals surface area contributed by atoms with Gasteiger partial charge in [0.1, 0.15) is 0 Å². The number of nitrogens with one attached hydrogen (secondary N) is 1. The molecule has 1 fully saturated rings. The van der Waals surface area contributed by atoms with Gasteiger partial charge in [0.2, 0.25) is 5.91 Å². The molecule has 1 aliphatic heterocycles. The molecule has 3 atom stereocenters. The van der Waals surface area contributed by atoms with E-state index in [2.05, 4.69) is 31.0 Å². The van der Waals surface area contributed by atoms with Gasteiger partial charge in [-0.25, -0.2) is 0 Å². The average Bonchev–Trinajstić information content (AvgIpc) is 2.36. The Balaban J connectivity index is 2.64. The Morgan fingerprint density at radius 3 is 2.84 bits per heavy atom. The van der Waals surface area contributed by atoms with Crippen LogP contribution in [0.15, 0.2) is 0 Å². The van der Waals surface area contributed by atoms with E-state index >= 15 is 0 Å². The molecule has 3 unspecified atom stereocenters. The van der Waals surface area contributed by atoms with Gasteiger partial charge >= 0.3 is 0 Å². The highest BCUT2D eigenvalue weighted by Gasteiger charge is 2.35. The van der Waals surface area contributed by atoms with Gasteiger partial charge in [0.25, 0.3) is 0 Å². The molecule has 0 aromatic heterocycles. The number of nitrogens with two attached hydrogens (primary N) is 1. The number of carbonyl (C=O) groups excluding carboxylic acids is 1. The highest BCUT2D eigenvalue weighted by atomic mass is 16.5. The SMILES string of the molecule is CCCNC(C)(CC(C)N1CCOCC1C)C(N)=O. The van der Waals surface area contributed by atoms with Crippen LogP contribution in [0.25, 0.3) is 0 Å². The van der Waals surface area contributed by atoms with Gasteiger partial charge in [0.15, 0.2) is 0 Å². The third kappa shape index (κ3) is 4.44. The van der Waals surface area contributed by atoms with Crippen LogP contribution in [0.4, 0.5) is 0 Å². The van der Waals surface area contributed by atoms with Crippen molar-refractivity contribution in [3.05, 3.63) is 0 Å². The van der Waals surface area contributed by atoms with Crippen LogP contribution in [0.3, 0.4) is 0 Å². The lowest BCUT2D eigenvalue weighted by molar-refractivity contribution is -0.125. The van der Waals surface area contributed by atoms with Gasteiger partial charge in [-0.05, 0) is 40.2 Å². The van der Waals surface area contributed by atoms with Crippen molar-refractivity contribution >= 4 is 5.91 Å². The zero-order valence-corrected chi connectivity index (χ0v) is 12.7. The van der Waals surface area contributed by atoms with Crippen LogP contribution >= 0.6 is 0 Å². The largest absolute Gasteiger partial charge is 0.379 e. The minimum Gasteiger partial charge on any atom is -0.379 e. The predicted octanol–water partition coefficient (Wildman–Crippen LogP) is 0.729. The van der Waals surface area contributed by atoms with E-state index in [4.69, 9.17) is 10.5 Å². The standard InChI is InChI=1S/C14H29N3O2/c1-5-6-16-14(4,13(15)18)9-11(2)17-7-8-19-10-12(17)3/h11-12,16H,5-10H2,1-4H3,(H2,15,18). The molecule has 0 saturated carbocycles. The Morgan fingerprint density at radius 2 is 2.32 bits per heavy atom. The fraction of sp³-hybridized carbons (Fsp3) is 0.929. The zero-order chi connectivity index (χ0) is 14.5. The van der Waals surface area contributed by atoms with Gasteiger partial charge in [-0.2, -0.15) is 0 Å². The van der Waals surface area contributed by atoms with Crippen molar-refractivity contribution in [1.82, 2.24) is 10.2 Å². The van der Waals surface area contributed by atoms with Gasteiger partial charge in [0, 0.05) is 18.6 Å². The molecular formula is C14H29N3O2. The molecule has 1 amide bonds. The van der Waals surface area contributed by atoms with E-state index in [9.17, 15) is 4.79 Å². The van der Waals surface area contributed by atoms with Crippen molar-refractivity contribution in [3.63, 3.8) is 0 Å². The van der Waals surface area contributed by atoms with E-state index < -0.39 is 5.54 Å². The molecule has 112 valence electrons. The topological polar surface area (TPSA) is 67.6 Å². The maximum Gasteiger partial charge on any atom is 0.237 e. The van der Waals surface area contributed by atoms with Gasteiger partial charge in [-0.1, -0.05) is 6.92 Å². The molecule has 1 rings (SSSR count). The predicted molar refractivity (Wildman–Crippen MR) is 77.0 cm³/mol. The van der Waals surface area contributed by atoms with Crippen molar-refractivity contribution in [2.45, 2.75) is 58.2 Å². The van der Waals surface area contributed by atoms with Gasteiger partial charge in [0.05, 0.1) is 18.8 Å². The lowest BCUT2D eigenvalue weighted by atomic mass is 9.91. The maximum absolute atomic E-state index is 11.7. The van der Waals surface area contributed by atoms with E-state index in [-0.39, 0.29) is 5.91 Å². The minimum absolute atomic E-state index is 0.270. The maximum atomic E-state index is 11.7. The smallest absolute Gasteiger partial charge is 0.237 e. The quantitative estimate of drug-likeness (QED) is 0.716. The molecule has 0 aromatic carbocycles. The molecule has 0 spiro atoms. The molecule has 5 heteroatoms. The molecule has 5 nitrogen and oxygen atoms in total. The van der Waals surface area contributed by atoms with Gasteiger partial charge < -0.3 is 15.8 Å². The summed E-state index contributed by atoms with van der Waals surface area (Å²) >= 11 is 0. The van der Waals surface area contributed by atoms with Crippen LogP contribution in [0.5, 0.6) is 0 Å². The van der Waals surface area contributed by atoms with Crippen molar-refractivity contribution < 1.29 is 9.53 Å². The number of amides is 1. The normalized spacial score (nSPS) is 25.8. The minimum atomic E-state index is -0.631. The second-order valence-electron chi connectivity index (χ2n) is 5.84. The molecule has 19 heavy (non-hydrogen) atoms. The summed E-state index contributed by atoms with van der Waals surface area (Å²) in [6, 6.07) is 0.702. The van der Waals surface area contributed by atoms with Crippen LogP contribution in [0.2, 0.25) is 0 Å². The first kappa shape index (κ1) is 16.4.